The monoisotopic (exact) mass is 178 g/mol. The molecule has 0 spiro atoms. The lowest BCUT2D eigenvalue weighted by Crippen LogP contribution is -2.35. The van der Waals surface area contributed by atoms with Crippen LogP contribution in [0.4, 0.5) is 0 Å². The smallest absolute Gasteiger partial charge is 0.181 e. The summed E-state index contributed by atoms with van der Waals surface area (Å²) in [7, 11) is 0. The molecule has 0 fully saturated rings. The summed E-state index contributed by atoms with van der Waals surface area (Å²) in [5.74, 6) is 0.121. The third-order valence-electron chi connectivity index (χ3n) is 1.97. The first-order chi connectivity index (χ1) is 6.13. The molecular weight excluding hydrogens is 164 g/mol. The summed E-state index contributed by atoms with van der Waals surface area (Å²) in [5, 5.41) is 0. The van der Waals surface area contributed by atoms with E-state index in [1.165, 1.54) is 0 Å². The molecule has 3 heteroatoms. The van der Waals surface area contributed by atoms with Gasteiger partial charge in [0.05, 0.1) is 6.04 Å². The molecule has 0 saturated carbocycles. The van der Waals surface area contributed by atoms with Gasteiger partial charge in [0, 0.05) is 18.0 Å². The fourth-order valence-electron chi connectivity index (χ4n) is 1.00. The van der Waals surface area contributed by atoms with E-state index >= 15 is 0 Å². The largest absolute Gasteiger partial charge is 0.321 e. The number of ketones is 1. The van der Waals surface area contributed by atoms with Crippen LogP contribution < -0.4 is 5.73 Å². The van der Waals surface area contributed by atoms with E-state index < -0.39 is 6.04 Å². The maximum atomic E-state index is 11.6. The van der Waals surface area contributed by atoms with Gasteiger partial charge < -0.3 is 5.73 Å². The molecule has 0 unspecified atom stereocenters. The molecule has 0 amide bonds. The zero-order valence-corrected chi connectivity index (χ0v) is 7.90. The van der Waals surface area contributed by atoms with Gasteiger partial charge in [0.25, 0.3) is 0 Å². The standard InChI is InChI=1S/C10H14N2O/c1-7(2)9(11)10(13)8-4-3-5-12-6-8/h3-7,9H,11H2,1-2H3/t9-/m1/s1. The predicted octanol–water partition coefficient (Wildman–Crippen LogP) is 1.25. The molecule has 13 heavy (non-hydrogen) atoms. The molecular formula is C10H14N2O. The second kappa shape index (κ2) is 4.14. The number of Topliss-reactive ketones (excluding diaryl/α,β-unsaturated/α-hetero) is 1. The number of aromatic nitrogens is 1. The third-order valence-corrected chi connectivity index (χ3v) is 1.97. The van der Waals surface area contributed by atoms with Gasteiger partial charge in [-0.2, -0.15) is 0 Å². The van der Waals surface area contributed by atoms with Crippen molar-refractivity contribution in [1.82, 2.24) is 4.98 Å². The van der Waals surface area contributed by atoms with Crippen LogP contribution in [0.15, 0.2) is 24.5 Å². The van der Waals surface area contributed by atoms with Crippen molar-refractivity contribution in [2.45, 2.75) is 19.9 Å². The number of nitrogens with two attached hydrogens (primary N) is 1. The van der Waals surface area contributed by atoms with Crippen molar-refractivity contribution in [2.75, 3.05) is 0 Å². The minimum absolute atomic E-state index is 0.0388. The van der Waals surface area contributed by atoms with E-state index in [0.717, 1.165) is 0 Å². The maximum Gasteiger partial charge on any atom is 0.181 e. The van der Waals surface area contributed by atoms with Crippen molar-refractivity contribution >= 4 is 5.78 Å². The Labute approximate surface area is 78.0 Å². The van der Waals surface area contributed by atoms with Crippen LogP contribution >= 0.6 is 0 Å². The van der Waals surface area contributed by atoms with Gasteiger partial charge in [0.2, 0.25) is 0 Å². The summed E-state index contributed by atoms with van der Waals surface area (Å²) in [6.45, 7) is 3.86. The Morgan fingerprint density at radius 3 is 2.69 bits per heavy atom. The van der Waals surface area contributed by atoms with Crippen LogP contribution in [0.3, 0.4) is 0 Å². The topological polar surface area (TPSA) is 56.0 Å². The number of carbonyl (C=O) groups is 1. The van der Waals surface area contributed by atoms with Gasteiger partial charge in [-0.25, -0.2) is 0 Å². The minimum atomic E-state index is -0.427. The van der Waals surface area contributed by atoms with Crippen LogP contribution in [-0.4, -0.2) is 16.8 Å². The van der Waals surface area contributed by atoms with Crippen LogP contribution in [0, 0.1) is 5.92 Å². The van der Waals surface area contributed by atoms with Crippen molar-refractivity contribution < 1.29 is 4.79 Å². The molecule has 1 atom stereocenters. The van der Waals surface area contributed by atoms with Crippen LogP contribution in [0.1, 0.15) is 24.2 Å². The van der Waals surface area contributed by atoms with E-state index in [-0.39, 0.29) is 11.7 Å². The number of hydrogen-bond acceptors (Lipinski definition) is 3. The lowest BCUT2D eigenvalue weighted by molar-refractivity contribution is 0.0940. The number of rotatable bonds is 3. The van der Waals surface area contributed by atoms with E-state index in [1.807, 2.05) is 13.8 Å². The van der Waals surface area contributed by atoms with E-state index in [4.69, 9.17) is 5.73 Å². The molecule has 0 aliphatic carbocycles. The zero-order valence-electron chi connectivity index (χ0n) is 7.90. The normalized spacial score (nSPS) is 12.9. The first kappa shape index (κ1) is 9.86. The van der Waals surface area contributed by atoms with Gasteiger partial charge in [-0.3, -0.25) is 9.78 Å². The average Bonchev–Trinajstić information content (AvgIpc) is 2.17. The molecule has 2 N–H and O–H groups in total. The Morgan fingerprint density at radius 1 is 1.54 bits per heavy atom. The van der Waals surface area contributed by atoms with Crippen molar-refractivity contribution in [3.05, 3.63) is 30.1 Å². The van der Waals surface area contributed by atoms with E-state index in [1.54, 1.807) is 24.5 Å². The summed E-state index contributed by atoms with van der Waals surface area (Å²) in [6, 6.07) is 3.04. The van der Waals surface area contributed by atoms with Crippen molar-refractivity contribution in [1.29, 1.82) is 0 Å². The highest BCUT2D eigenvalue weighted by Crippen LogP contribution is 2.06. The molecule has 0 aliphatic heterocycles. The van der Waals surface area contributed by atoms with Gasteiger partial charge in [-0.05, 0) is 18.1 Å². The molecule has 1 aromatic heterocycles. The Bertz CT molecular complexity index is 282. The third kappa shape index (κ3) is 2.36. The summed E-state index contributed by atoms with van der Waals surface area (Å²) >= 11 is 0. The second-order valence-electron chi connectivity index (χ2n) is 3.38. The molecule has 0 aromatic carbocycles. The summed E-state index contributed by atoms with van der Waals surface area (Å²) in [5.41, 5.74) is 6.30. The SMILES string of the molecule is CC(C)[C@@H](N)C(=O)c1cccnc1. The molecule has 1 rings (SSSR count). The summed E-state index contributed by atoms with van der Waals surface area (Å²) in [4.78, 5) is 15.5. The maximum absolute atomic E-state index is 11.6. The Kier molecular flexibility index (Phi) is 3.14. The minimum Gasteiger partial charge on any atom is -0.321 e. The van der Waals surface area contributed by atoms with Gasteiger partial charge in [-0.1, -0.05) is 13.8 Å². The Balaban J connectivity index is 2.80. The first-order valence-corrected chi connectivity index (χ1v) is 4.32. The van der Waals surface area contributed by atoms with E-state index in [2.05, 4.69) is 4.98 Å². The first-order valence-electron chi connectivity index (χ1n) is 4.32. The fourth-order valence-corrected chi connectivity index (χ4v) is 1.00. The van der Waals surface area contributed by atoms with Crippen LogP contribution in [0.25, 0.3) is 0 Å². The molecule has 70 valence electrons. The number of carbonyl (C=O) groups excluding carboxylic acids is 1. The van der Waals surface area contributed by atoms with E-state index in [9.17, 15) is 4.79 Å². The average molecular weight is 178 g/mol. The van der Waals surface area contributed by atoms with Gasteiger partial charge in [0.1, 0.15) is 0 Å². The number of nitrogens with zero attached hydrogens (tertiary/aromatic N) is 1. The predicted molar refractivity (Wildman–Crippen MR) is 51.4 cm³/mol. The highest BCUT2D eigenvalue weighted by atomic mass is 16.1. The molecule has 1 aromatic rings. The lowest BCUT2D eigenvalue weighted by atomic mass is 9.97. The molecule has 0 bridgehead atoms. The van der Waals surface area contributed by atoms with Crippen molar-refractivity contribution in [2.24, 2.45) is 11.7 Å². The Hall–Kier alpha value is -1.22. The Morgan fingerprint density at radius 2 is 2.23 bits per heavy atom. The van der Waals surface area contributed by atoms with Gasteiger partial charge in [0.15, 0.2) is 5.78 Å². The van der Waals surface area contributed by atoms with Gasteiger partial charge in [-0.15, -0.1) is 0 Å². The van der Waals surface area contributed by atoms with Crippen LogP contribution in [0.5, 0.6) is 0 Å². The summed E-state index contributed by atoms with van der Waals surface area (Å²) < 4.78 is 0. The van der Waals surface area contributed by atoms with Crippen molar-refractivity contribution in [3.8, 4) is 0 Å². The van der Waals surface area contributed by atoms with Crippen molar-refractivity contribution in [3.63, 3.8) is 0 Å². The van der Waals surface area contributed by atoms with Crippen LogP contribution in [0.2, 0.25) is 0 Å². The molecule has 0 aliphatic rings. The fraction of sp³-hybridized carbons (Fsp3) is 0.400. The number of hydrogen-bond donors (Lipinski definition) is 1. The molecule has 0 radical (unpaired) electrons. The van der Waals surface area contributed by atoms with Crippen LogP contribution in [-0.2, 0) is 0 Å². The molecule has 1 heterocycles. The zero-order chi connectivity index (χ0) is 9.84. The molecule has 0 saturated heterocycles. The van der Waals surface area contributed by atoms with E-state index in [0.29, 0.717) is 5.56 Å². The summed E-state index contributed by atoms with van der Waals surface area (Å²) in [6.07, 6.45) is 3.18. The van der Waals surface area contributed by atoms with Gasteiger partial charge >= 0.3 is 0 Å². The highest BCUT2D eigenvalue weighted by molar-refractivity contribution is 5.99. The second-order valence-corrected chi connectivity index (χ2v) is 3.38. The highest BCUT2D eigenvalue weighted by Gasteiger charge is 2.18. The molecule has 3 nitrogen and oxygen atoms in total. The lowest BCUT2D eigenvalue weighted by Gasteiger charge is -2.13. The number of pyridine rings is 1. The quantitative estimate of drug-likeness (QED) is 0.708.